The Labute approximate surface area is 221 Å². The van der Waals surface area contributed by atoms with Crippen molar-refractivity contribution in [2.24, 2.45) is 0 Å². The number of allylic oxidation sites excluding steroid dienone is 3. The summed E-state index contributed by atoms with van der Waals surface area (Å²) in [6, 6.07) is 6.04. The molecule has 0 fully saturated rings. The first-order chi connectivity index (χ1) is 16.2. The summed E-state index contributed by atoms with van der Waals surface area (Å²) in [7, 11) is -3.73. The Kier molecular flexibility index (Phi) is 9.78. The van der Waals surface area contributed by atoms with E-state index in [1.54, 1.807) is 29.2 Å². The molecule has 2 aromatic rings. The Hall–Kier alpha value is -0.791. The SMILES string of the molecule is CCCC[C](CCCC)(CCCC)[Sn][c]1cc2cccnc2n1S(=O)(=O)C1(C)C=CC(Cl)=CC1. The molecule has 0 N–H and O–H groups in total. The van der Waals surface area contributed by atoms with Gasteiger partial charge in [0.25, 0.3) is 0 Å². The van der Waals surface area contributed by atoms with Crippen molar-refractivity contribution < 1.29 is 8.42 Å². The van der Waals surface area contributed by atoms with Gasteiger partial charge in [-0.05, 0) is 0 Å². The van der Waals surface area contributed by atoms with Gasteiger partial charge in [0.2, 0.25) is 0 Å². The first kappa shape index (κ1) is 27.8. The summed E-state index contributed by atoms with van der Waals surface area (Å²) in [6.45, 7) is 8.59. The van der Waals surface area contributed by atoms with Crippen LogP contribution in [-0.2, 0) is 10.0 Å². The number of pyridine rings is 1. The van der Waals surface area contributed by atoms with Crippen molar-refractivity contribution in [1.29, 1.82) is 0 Å². The molecule has 34 heavy (non-hydrogen) atoms. The second-order valence-corrected chi connectivity index (χ2v) is 17.8. The van der Waals surface area contributed by atoms with Gasteiger partial charge in [-0.25, -0.2) is 0 Å². The van der Waals surface area contributed by atoms with E-state index in [1.165, 1.54) is 57.8 Å². The molecular formula is C27H39ClN2O2SSn. The zero-order chi connectivity index (χ0) is 24.8. The maximum atomic E-state index is 14.3. The van der Waals surface area contributed by atoms with Crippen LogP contribution >= 0.6 is 11.6 Å². The standard InChI is InChI=1S/C14H12ClN2O2S.C13H27.Sn/c1-14(7-4-12(15)5-8-14)20(18,19)17-10-6-11-3-2-9-16-13(11)17;1-4-7-10-13(11-8-5-2)12-9-6-3;/h2-7,9H,8H2,1H3;4-12H2,1-3H3;. The van der Waals surface area contributed by atoms with E-state index in [0.29, 0.717) is 17.1 Å². The summed E-state index contributed by atoms with van der Waals surface area (Å²) in [6.07, 6.45) is 18.2. The van der Waals surface area contributed by atoms with Crippen LogP contribution in [0.5, 0.6) is 0 Å². The Morgan fingerprint density at radius 1 is 1.12 bits per heavy atom. The number of fused-ring (bicyclic) bond motifs is 1. The topological polar surface area (TPSA) is 52.0 Å². The third-order valence-corrected chi connectivity index (χ3v) is 15.6. The molecule has 0 bridgehead atoms. The third-order valence-electron chi connectivity index (χ3n) is 7.07. The Balaban J connectivity index is 2.15. The third kappa shape index (κ3) is 5.95. The normalized spacial score (nSPS) is 19.0. The van der Waals surface area contributed by atoms with E-state index in [9.17, 15) is 8.42 Å². The average Bonchev–Trinajstić information content (AvgIpc) is 3.20. The van der Waals surface area contributed by atoms with Gasteiger partial charge in [-0.1, -0.05) is 0 Å². The zero-order valence-electron chi connectivity index (χ0n) is 21.1. The van der Waals surface area contributed by atoms with E-state index in [0.717, 1.165) is 9.10 Å². The molecule has 1 aliphatic rings. The van der Waals surface area contributed by atoms with Crippen molar-refractivity contribution >= 4 is 57.5 Å². The van der Waals surface area contributed by atoms with Gasteiger partial charge in [0.05, 0.1) is 0 Å². The molecule has 186 valence electrons. The Morgan fingerprint density at radius 2 is 1.74 bits per heavy atom. The quantitative estimate of drug-likeness (QED) is 0.228. The van der Waals surface area contributed by atoms with E-state index in [1.807, 2.05) is 18.2 Å². The number of unbranched alkanes of at least 4 members (excludes halogenated alkanes) is 3. The number of aromatic nitrogens is 2. The monoisotopic (exact) mass is 610 g/mol. The number of halogens is 1. The first-order valence-electron chi connectivity index (χ1n) is 12.8. The van der Waals surface area contributed by atoms with Crippen molar-refractivity contribution in [3.05, 3.63) is 47.7 Å². The van der Waals surface area contributed by atoms with Crippen molar-refractivity contribution in [2.75, 3.05) is 0 Å². The van der Waals surface area contributed by atoms with Crippen molar-refractivity contribution in [3.63, 3.8) is 0 Å². The Morgan fingerprint density at radius 3 is 2.26 bits per heavy atom. The van der Waals surface area contributed by atoms with E-state index < -0.39 is 35.9 Å². The summed E-state index contributed by atoms with van der Waals surface area (Å²) in [5.74, 6) is 0. The van der Waals surface area contributed by atoms with Gasteiger partial charge >= 0.3 is 223 Å². The molecule has 2 radical (unpaired) electrons. The van der Waals surface area contributed by atoms with Crippen LogP contribution in [0.15, 0.2) is 47.7 Å². The van der Waals surface area contributed by atoms with Crippen LogP contribution < -0.4 is 3.71 Å². The second-order valence-electron chi connectivity index (χ2n) is 9.87. The summed E-state index contributed by atoms with van der Waals surface area (Å²) in [5, 5.41) is 1.52. The number of rotatable bonds is 13. The molecule has 0 saturated carbocycles. The average molecular weight is 610 g/mol. The van der Waals surface area contributed by atoms with Crippen molar-refractivity contribution in [1.82, 2.24) is 8.96 Å². The molecule has 0 amide bonds. The Bertz CT molecular complexity index is 1120. The maximum absolute atomic E-state index is 14.3. The number of hydrogen-bond donors (Lipinski definition) is 0. The summed E-state index contributed by atoms with van der Waals surface area (Å²) >= 11 is 4.84. The second kappa shape index (κ2) is 12.0. The molecule has 7 heteroatoms. The van der Waals surface area contributed by atoms with E-state index >= 15 is 0 Å². The predicted octanol–water partition coefficient (Wildman–Crippen LogP) is 7.11. The minimum atomic E-state index is -3.73. The molecule has 0 aromatic carbocycles. The molecule has 0 aliphatic heterocycles. The molecule has 3 rings (SSSR count). The van der Waals surface area contributed by atoms with Crippen LogP contribution in [0, 0.1) is 0 Å². The molecule has 1 unspecified atom stereocenters. The molecule has 1 aliphatic carbocycles. The van der Waals surface area contributed by atoms with Crippen molar-refractivity contribution in [3.8, 4) is 0 Å². The van der Waals surface area contributed by atoms with Gasteiger partial charge < -0.3 is 0 Å². The van der Waals surface area contributed by atoms with Gasteiger partial charge in [-0.2, -0.15) is 0 Å². The number of nitrogens with zero attached hydrogens (tertiary/aromatic N) is 2. The molecule has 4 nitrogen and oxygen atoms in total. The van der Waals surface area contributed by atoms with Crippen LogP contribution in [0.2, 0.25) is 3.43 Å². The van der Waals surface area contributed by atoms with Gasteiger partial charge in [0.1, 0.15) is 0 Å². The summed E-state index contributed by atoms with van der Waals surface area (Å²) < 4.78 is 30.5. The molecular weight excluding hydrogens is 571 g/mol. The van der Waals surface area contributed by atoms with Crippen LogP contribution in [-0.4, -0.2) is 43.3 Å². The molecule has 2 aromatic heterocycles. The van der Waals surface area contributed by atoms with E-state index in [2.05, 4.69) is 31.8 Å². The molecule has 0 spiro atoms. The first-order valence-corrected chi connectivity index (χ1v) is 17.4. The fourth-order valence-corrected chi connectivity index (χ4v) is 13.3. The molecule has 2 heterocycles. The van der Waals surface area contributed by atoms with Gasteiger partial charge in [-0.15, -0.1) is 0 Å². The van der Waals surface area contributed by atoms with Gasteiger partial charge in [0, 0.05) is 0 Å². The van der Waals surface area contributed by atoms with Crippen molar-refractivity contribution in [2.45, 2.75) is 100 Å². The van der Waals surface area contributed by atoms with Crippen LogP contribution in [0.3, 0.4) is 0 Å². The van der Waals surface area contributed by atoms with Gasteiger partial charge in [0.15, 0.2) is 0 Å². The van der Waals surface area contributed by atoms with Gasteiger partial charge in [-0.3, -0.25) is 0 Å². The molecule has 1 atom stereocenters. The summed E-state index contributed by atoms with van der Waals surface area (Å²) in [5.41, 5.74) is 0.573. The van der Waals surface area contributed by atoms with Crippen LogP contribution in [0.1, 0.15) is 91.9 Å². The van der Waals surface area contributed by atoms with E-state index in [-0.39, 0.29) is 3.43 Å². The molecule has 0 saturated heterocycles. The fraction of sp³-hybridized carbons (Fsp3) is 0.593. The number of hydrogen-bond acceptors (Lipinski definition) is 3. The van der Waals surface area contributed by atoms with E-state index in [4.69, 9.17) is 11.6 Å². The minimum absolute atomic E-state index is 0.277. The van der Waals surface area contributed by atoms with Crippen LogP contribution in [0.4, 0.5) is 0 Å². The predicted molar refractivity (Wildman–Crippen MR) is 147 cm³/mol. The van der Waals surface area contributed by atoms with Crippen LogP contribution in [0.25, 0.3) is 11.0 Å². The zero-order valence-corrected chi connectivity index (χ0v) is 25.5. The fourth-order valence-electron chi connectivity index (χ4n) is 4.81. The summed E-state index contributed by atoms with van der Waals surface area (Å²) in [4.78, 5) is 4.57.